The van der Waals surface area contributed by atoms with E-state index in [1.165, 1.54) is 0 Å². The Balaban J connectivity index is 1.85. The van der Waals surface area contributed by atoms with Crippen molar-refractivity contribution < 1.29 is 4.79 Å². The minimum atomic E-state index is -0.129. The average Bonchev–Trinajstić information content (AvgIpc) is 2.96. The van der Waals surface area contributed by atoms with Gasteiger partial charge in [-0.05, 0) is 47.0 Å². The molecule has 25 heavy (non-hydrogen) atoms. The summed E-state index contributed by atoms with van der Waals surface area (Å²) in [6, 6.07) is 23.2. The first-order valence-corrected chi connectivity index (χ1v) is 8.24. The summed E-state index contributed by atoms with van der Waals surface area (Å²) in [5.74, 6) is -0.0507. The van der Waals surface area contributed by atoms with Crippen LogP contribution in [-0.4, -0.2) is 5.91 Å². The van der Waals surface area contributed by atoms with E-state index in [0.717, 1.165) is 33.6 Å². The van der Waals surface area contributed by atoms with Crippen molar-refractivity contribution in [1.82, 2.24) is 5.32 Å². The Morgan fingerprint density at radius 2 is 1.28 bits per heavy atom. The van der Waals surface area contributed by atoms with Crippen molar-refractivity contribution in [2.45, 2.75) is 12.0 Å². The molecule has 0 saturated carbocycles. The van der Waals surface area contributed by atoms with E-state index < -0.39 is 0 Å². The molecule has 0 aliphatic carbocycles. The van der Waals surface area contributed by atoms with Crippen LogP contribution in [-0.2, 0) is 0 Å². The lowest BCUT2D eigenvalue weighted by Gasteiger charge is -2.26. The fraction of sp³-hybridized carbons (Fsp3) is 0.0952. The van der Waals surface area contributed by atoms with Gasteiger partial charge in [-0.2, -0.15) is 0 Å². The molecular formula is C21H19N3O. The number of carbonyl (C=O) groups excluding carboxylic acids is 1. The van der Waals surface area contributed by atoms with Crippen molar-refractivity contribution in [3.63, 3.8) is 0 Å². The van der Waals surface area contributed by atoms with Crippen molar-refractivity contribution in [2.24, 2.45) is 0 Å². The molecular weight excluding hydrogens is 310 g/mol. The number of hydrogen-bond donors (Lipinski definition) is 3. The highest BCUT2D eigenvalue weighted by atomic mass is 16.2. The first kappa shape index (κ1) is 15.3. The molecule has 0 fully saturated rings. The molecule has 1 aliphatic rings. The second-order valence-electron chi connectivity index (χ2n) is 6.35. The number of benzene rings is 3. The zero-order valence-corrected chi connectivity index (χ0v) is 13.6. The number of fused-ring (bicyclic) bond motifs is 1. The number of carbonyl (C=O) groups is 1. The number of amides is 1. The van der Waals surface area contributed by atoms with Gasteiger partial charge in [-0.3, -0.25) is 4.79 Å². The first-order valence-electron chi connectivity index (χ1n) is 8.24. The molecule has 1 atom stereocenters. The largest absolute Gasteiger partial charge is 0.399 e. The maximum Gasteiger partial charge on any atom is 0.252 e. The molecule has 1 amide bonds. The minimum absolute atomic E-state index is 0.0196. The van der Waals surface area contributed by atoms with Gasteiger partial charge in [0.2, 0.25) is 0 Å². The zero-order valence-electron chi connectivity index (χ0n) is 13.6. The normalized spacial score (nSPS) is 15.9. The van der Waals surface area contributed by atoms with Gasteiger partial charge in [0.05, 0.1) is 6.04 Å². The molecule has 1 heterocycles. The van der Waals surface area contributed by atoms with E-state index >= 15 is 0 Å². The summed E-state index contributed by atoms with van der Waals surface area (Å²) in [7, 11) is 0. The highest BCUT2D eigenvalue weighted by Crippen LogP contribution is 2.41. The van der Waals surface area contributed by atoms with Gasteiger partial charge in [-0.15, -0.1) is 0 Å². The molecule has 0 spiro atoms. The Kier molecular flexibility index (Phi) is 3.65. The Labute approximate surface area is 146 Å². The number of nitrogen functional groups attached to an aromatic ring is 2. The number of hydrogen-bond acceptors (Lipinski definition) is 3. The van der Waals surface area contributed by atoms with Crippen LogP contribution >= 0.6 is 0 Å². The summed E-state index contributed by atoms with van der Waals surface area (Å²) in [4.78, 5) is 12.4. The molecule has 5 N–H and O–H groups in total. The lowest BCUT2D eigenvalue weighted by Crippen LogP contribution is -2.25. The van der Waals surface area contributed by atoms with E-state index in [-0.39, 0.29) is 17.9 Å². The average molecular weight is 329 g/mol. The van der Waals surface area contributed by atoms with Gasteiger partial charge >= 0.3 is 0 Å². The van der Waals surface area contributed by atoms with Gasteiger partial charge in [0.1, 0.15) is 0 Å². The molecule has 1 aliphatic heterocycles. The van der Waals surface area contributed by atoms with Crippen LogP contribution in [0.1, 0.15) is 39.0 Å². The van der Waals surface area contributed by atoms with Gasteiger partial charge in [0, 0.05) is 22.9 Å². The van der Waals surface area contributed by atoms with E-state index in [1.807, 2.05) is 72.8 Å². The molecule has 124 valence electrons. The van der Waals surface area contributed by atoms with E-state index in [2.05, 4.69) is 5.32 Å². The number of nitrogens with one attached hydrogen (secondary N) is 1. The van der Waals surface area contributed by atoms with Gasteiger partial charge in [0.15, 0.2) is 0 Å². The number of rotatable bonds is 3. The first-order chi connectivity index (χ1) is 12.1. The summed E-state index contributed by atoms with van der Waals surface area (Å²) < 4.78 is 0. The maximum atomic E-state index is 12.4. The van der Waals surface area contributed by atoms with Crippen LogP contribution in [0.3, 0.4) is 0 Å². The molecule has 0 radical (unpaired) electrons. The monoisotopic (exact) mass is 329 g/mol. The Morgan fingerprint density at radius 1 is 0.760 bits per heavy atom. The number of anilines is 2. The predicted molar refractivity (Wildman–Crippen MR) is 100 cm³/mol. The molecule has 0 saturated heterocycles. The Morgan fingerprint density at radius 3 is 1.84 bits per heavy atom. The Hall–Kier alpha value is -3.27. The molecule has 4 heteroatoms. The van der Waals surface area contributed by atoms with Crippen LogP contribution in [0.2, 0.25) is 0 Å². The molecule has 3 aromatic carbocycles. The molecule has 3 aromatic rings. The summed E-state index contributed by atoms with van der Waals surface area (Å²) in [5, 5.41) is 3.14. The van der Waals surface area contributed by atoms with Crippen molar-refractivity contribution in [3.05, 3.63) is 95.1 Å². The predicted octanol–water partition coefficient (Wildman–Crippen LogP) is 3.47. The molecule has 0 bridgehead atoms. The standard InChI is InChI=1S/C21H19N3O/c22-15-9-5-13(6-10-15)19(14-7-11-16(23)12-8-14)20-17-3-1-2-4-18(17)21(25)24-20/h1-12,19-20H,22-23H2,(H,24,25)/t20-/m0/s1. The fourth-order valence-corrected chi connectivity index (χ4v) is 3.52. The molecule has 4 rings (SSSR count). The van der Waals surface area contributed by atoms with Gasteiger partial charge < -0.3 is 16.8 Å². The second-order valence-corrected chi connectivity index (χ2v) is 6.35. The summed E-state index contributed by atoms with van der Waals surface area (Å²) in [6.45, 7) is 0. The highest BCUT2D eigenvalue weighted by Gasteiger charge is 2.35. The van der Waals surface area contributed by atoms with E-state index in [9.17, 15) is 4.79 Å². The molecule has 0 aromatic heterocycles. The van der Waals surface area contributed by atoms with Gasteiger partial charge in [0.25, 0.3) is 5.91 Å². The third-order valence-electron chi connectivity index (χ3n) is 4.75. The van der Waals surface area contributed by atoms with Crippen molar-refractivity contribution in [3.8, 4) is 0 Å². The summed E-state index contributed by atoms with van der Waals surface area (Å²) >= 11 is 0. The van der Waals surface area contributed by atoms with Crippen LogP contribution in [0.5, 0.6) is 0 Å². The van der Waals surface area contributed by atoms with E-state index in [0.29, 0.717) is 0 Å². The lowest BCUT2D eigenvalue weighted by atomic mass is 9.82. The zero-order chi connectivity index (χ0) is 17.4. The number of nitrogens with two attached hydrogens (primary N) is 2. The summed E-state index contributed by atoms with van der Waals surface area (Å²) in [6.07, 6.45) is 0. The van der Waals surface area contributed by atoms with Gasteiger partial charge in [-0.25, -0.2) is 0 Å². The minimum Gasteiger partial charge on any atom is -0.399 e. The smallest absolute Gasteiger partial charge is 0.252 e. The van der Waals surface area contributed by atoms with Gasteiger partial charge in [-0.1, -0.05) is 42.5 Å². The van der Waals surface area contributed by atoms with Crippen LogP contribution in [0.4, 0.5) is 11.4 Å². The van der Waals surface area contributed by atoms with Crippen molar-refractivity contribution >= 4 is 17.3 Å². The van der Waals surface area contributed by atoms with Crippen LogP contribution in [0, 0.1) is 0 Å². The van der Waals surface area contributed by atoms with Crippen molar-refractivity contribution in [1.29, 1.82) is 0 Å². The van der Waals surface area contributed by atoms with E-state index in [4.69, 9.17) is 11.5 Å². The maximum absolute atomic E-state index is 12.4. The van der Waals surface area contributed by atoms with Crippen molar-refractivity contribution in [2.75, 3.05) is 11.5 Å². The quantitative estimate of drug-likeness (QED) is 0.644. The molecule has 4 nitrogen and oxygen atoms in total. The topological polar surface area (TPSA) is 81.1 Å². The third-order valence-corrected chi connectivity index (χ3v) is 4.75. The lowest BCUT2D eigenvalue weighted by molar-refractivity contribution is 0.0954. The Bertz CT molecular complexity index is 871. The second kappa shape index (κ2) is 5.98. The third kappa shape index (κ3) is 2.72. The highest BCUT2D eigenvalue weighted by molar-refractivity contribution is 5.99. The van der Waals surface area contributed by atoms with Crippen LogP contribution in [0.15, 0.2) is 72.8 Å². The van der Waals surface area contributed by atoms with E-state index in [1.54, 1.807) is 0 Å². The fourth-order valence-electron chi connectivity index (χ4n) is 3.52. The summed E-state index contributed by atoms with van der Waals surface area (Å²) in [5.41, 5.74) is 17.1. The van der Waals surface area contributed by atoms with Crippen LogP contribution in [0.25, 0.3) is 0 Å². The SMILES string of the molecule is Nc1ccc(C(c2ccc(N)cc2)[C@H]2NC(=O)c3ccccc32)cc1. The van der Waals surface area contributed by atoms with Crippen LogP contribution < -0.4 is 16.8 Å². The molecule has 0 unspecified atom stereocenters.